The fourth-order valence-corrected chi connectivity index (χ4v) is 3.64. The van der Waals surface area contributed by atoms with E-state index in [4.69, 9.17) is 9.47 Å². The quantitative estimate of drug-likeness (QED) is 0.696. The average Bonchev–Trinajstić information content (AvgIpc) is 3.09. The molecule has 1 atom stereocenters. The van der Waals surface area contributed by atoms with E-state index < -0.39 is 0 Å². The van der Waals surface area contributed by atoms with Crippen LogP contribution in [-0.2, 0) is 0 Å². The molecule has 0 radical (unpaired) electrons. The second-order valence-electron chi connectivity index (χ2n) is 5.98. The minimum Gasteiger partial charge on any atom is -0.493 e. The van der Waals surface area contributed by atoms with Gasteiger partial charge in [-0.05, 0) is 43.7 Å². The molecule has 1 amide bonds. The fraction of sp³-hybridized carbons (Fsp3) is 0.250. The Morgan fingerprint density at radius 3 is 2.63 bits per heavy atom. The van der Waals surface area contributed by atoms with E-state index in [9.17, 15) is 4.79 Å². The number of methoxy groups -OCH3 is 2. The van der Waals surface area contributed by atoms with Crippen LogP contribution in [0.4, 0.5) is 0 Å². The summed E-state index contributed by atoms with van der Waals surface area (Å²) in [5, 5.41) is 3.76. The summed E-state index contributed by atoms with van der Waals surface area (Å²) in [6.45, 7) is 3.77. The van der Waals surface area contributed by atoms with E-state index in [-0.39, 0.29) is 11.9 Å². The number of pyridine rings is 1. The van der Waals surface area contributed by atoms with Gasteiger partial charge in [0, 0.05) is 18.0 Å². The van der Waals surface area contributed by atoms with Gasteiger partial charge in [-0.15, -0.1) is 11.3 Å². The number of thiazole rings is 1. The van der Waals surface area contributed by atoms with Crippen LogP contribution in [0.15, 0.2) is 42.7 Å². The van der Waals surface area contributed by atoms with Gasteiger partial charge in [0.2, 0.25) is 0 Å². The lowest BCUT2D eigenvalue weighted by molar-refractivity contribution is 0.0943. The highest BCUT2D eigenvalue weighted by Crippen LogP contribution is 2.35. The highest BCUT2D eigenvalue weighted by atomic mass is 32.1. The monoisotopic (exact) mass is 383 g/mol. The molecule has 2 heterocycles. The van der Waals surface area contributed by atoms with E-state index in [1.54, 1.807) is 26.6 Å². The number of hydrogen-bond donors (Lipinski definition) is 1. The molecule has 0 saturated carbocycles. The maximum absolute atomic E-state index is 12.7. The molecule has 3 rings (SSSR count). The van der Waals surface area contributed by atoms with Gasteiger partial charge in [0.1, 0.15) is 9.88 Å². The Balaban J connectivity index is 1.83. The first-order chi connectivity index (χ1) is 13.0. The number of aryl methyl sites for hydroxylation is 1. The molecular weight excluding hydrogens is 362 g/mol. The van der Waals surface area contributed by atoms with Gasteiger partial charge in [0.05, 0.1) is 26.0 Å². The topological polar surface area (TPSA) is 73.3 Å². The molecule has 0 aliphatic carbocycles. The van der Waals surface area contributed by atoms with Crippen molar-refractivity contribution in [1.29, 1.82) is 0 Å². The summed E-state index contributed by atoms with van der Waals surface area (Å²) in [6.07, 6.45) is 3.46. The zero-order chi connectivity index (χ0) is 19.4. The lowest BCUT2D eigenvalue weighted by Crippen LogP contribution is -2.26. The second kappa shape index (κ2) is 8.18. The molecular formula is C20H21N3O3S. The Kier molecular flexibility index (Phi) is 5.71. The van der Waals surface area contributed by atoms with Crippen LogP contribution in [0, 0.1) is 6.92 Å². The first-order valence-electron chi connectivity index (χ1n) is 8.44. The molecule has 0 bridgehead atoms. The third-order valence-corrected chi connectivity index (χ3v) is 5.37. The van der Waals surface area contributed by atoms with Gasteiger partial charge in [-0.3, -0.25) is 9.78 Å². The van der Waals surface area contributed by atoms with Crippen molar-refractivity contribution in [3.05, 3.63) is 58.9 Å². The van der Waals surface area contributed by atoms with Crippen molar-refractivity contribution >= 4 is 17.2 Å². The number of carbonyl (C=O) groups is 1. The predicted octanol–water partition coefficient (Wildman–Crippen LogP) is 4.02. The van der Waals surface area contributed by atoms with Gasteiger partial charge in [0.25, 0.3) is 5.91 Å². The highest BCUT2D eigenvalue weighted by Gasteiger charge is 2.19. The van der Waals surface area contributed by atoms with E-state index in [1.807, 2.05) is 44.2 Å². The van der Waals surface area contributed by atoms with Crippen molar-refractivity contribution in [2.45, 2.75) is 19.9 Å². The molecule has 0 saturated heterocycles. The minimum atomic E-state index is -0.145. The summed E-state index contributed by atoms with van der Waals surface area (Å²) in [7, 11) is 3.18. The fourth-order valence-electron chi connectivity index (χ4n) is 2.68. The molecule has 1 N–H and O–H groups in total. The molecule has 3 aromatic rings. The maximum Gasteiger partial charge on any atom is 0.263 e. The van der Waals surface area contributed by atoms with Crippen molar-refractivity contribution in [3.63, 3.8) is 0 Å². The normalized spacial score (nSPS) is 11.7. The molecule has 0 aliphatic rings. The summed E-state index contributed by atoms with van der Waals surface area (Å²) in [4.78, 5) is 22.0. The number of rotatable bonds is 6. The van der Waals surface area contributed by atoms with Crippen LogP contribution in [0.25, 0.3) is 10.6 Å². The second-order valence-corrected chi connectivity index (χ2v) is 6.98. The molecule has 27 heavy (non-hydrogen) atoms. The molecule has 7 heteroatoms. The molecule has 0 fully saturated rings. The van der Waals surface area contributed by atoms with Crippen molar-refractivity contribution in [2.24, 2.45) is 0 Å². The van der Waals surface area contributed by atoms with Crippen LogP contribution in [-0.4, -0.2) is 30.1 Å². The largest absolute Gasteiger partial charge is 0.493 e. The first kappa shape index (κ1) is 18.8. The maximum atomic E-state index is 12.7. The van der Waals surface area contributed by atoms with E-state index in [2.05, 4.69) is 15.3 Å². The number of benzene rings is 1. The number of nitrogens with one attached hydrogen (secondary N) is 1. The van der Waals surface area contributed by atoms with Crippen molar-refractivity contribution in [1.82, 2.24) is 15.3 Å². The smallest absolute Gasteiger partial charge is 0.263 e. The lowest BCUT2D eigenvalue weighted by Gasteiger charge is -2.13. The van der Waals surface area contributed by atoms with Gasteiger partial charge in [0.15, 0.2) is 11.5 Å². The average molecular weight is 383 g/mol. The van der Waals surface area contributed by atoms with Gasteiger partial charge in [-0.25, -0.2) is 4.98 Å². The first-order valence-corrected chi connectivity index (χ1v) is 9.25. The number of carbonyl (C=O) groups excluding carboxylic acids is 1. The number of aromatic nitrogens is 2. The van der Waals surface area contributed by atoms with Crippen LogP contribution < -0.4 is 14.8 Å². The van der Waals surface area contributed by atoms with Crippen LogP contribution in [0.3, 0.4) is 0 Å². The van der Waals surface area contributed by atoms with Crippen LogP contribution in [0.2, 0.25) is 0 Å². The van der Waals surface area contributed by atoms with E-state index in [0.29, 0.717) is 22.1 Å². The van der Waals surface area contributed by atoms with Crippen molar-refractivity contribution in [2.75, 3.05) is 14.2 Å². The van der Waals surface area contributed by atoms with Gasteiger partial charge < -0.3 is 14.8 Å². The number of nitrogens with zero attached hydrogens (tertiary/aromatic N) is 2. The van der Waals surface area contributed by atoms with Crippen LogP contribution in [0.1, 0.15) is 33.9 Å². The molecule has 0 aliphatic heterocycles. The number of ether oxygens (including phenoxy) is 2. The van der Waals surface area contributed by atoms with Crippen molar-refractivity contribution in [3.8, 4) is 22.1 Å². The Hall–Kier alpha value is -2.93. The summed E-state index contributed by atoms with van der Waals surface area (Å²) in [5.74, 6) is 1.13. The Morgan fingerprint density at radius 2 is 1.96 bits per heavy atom. The zero-order valence-corrected chi connectivity index (χ0v) is 16.5. The van der Waals surface area contributed by atoms with Gasteiger partial charge in [-0.1, -0.05) is 6.07 Å². The Morgan fingerprint density at radius 1 is 1.19 bits per heavy atom. The number of amides is 1. The SMILES string of the molecule is COc1ccc(-c2nc(C)c(C(=O)N[C@@H](C)c3cccnc3)s2)cc1OC. The van der Waals surface area contributed by atoms with E-state index in [0.717, 1.165) is 16.1 Å². The molecule has 140 valence electrons. The third kappa shape index (κ3) is 4.09. The molecule has 1 aromatic carbocycles. The van der Waals surface area contributed by atoms with E-state index >= 15 is 0 Å². The summed E-state index contributed by atoms with van der Waals surface area (Å²) >= 11 is 1.36. The highest BCUT2D eigenvalue weighted by molar-refractivity contribution is 7.17. The van der Waals surface area contributed by atoms with Crippen molar-refractivity contribution < 1.29 is 14.3 Å². The molecule has 0 spiro atoms. The summed E-state index contributed by atoms with van der Waals surface area (Å²) in [6, 6.07) is 9.24. The van der Waals surface area contributed by atoms with Crippen LogP contribution in [0.5, 0.6) is 11.5 Å². The summed E-state index contributed by atoms with van der Waals surface area (Å²) in [5.41, 5.74) is 2.52. The Bertz CT molecular complexity index is 941. The lowest BCUT2D eigenvalue weighted by atomic mass is 10.1. The molecule has 6 nitrogen and oxygen atoms in total. The predicted molar refractivity (Wildman–Crippen MR) is 106 cm³/mol. The summed E-state index contributed by atoms with van der Waals surface area (Å²) < 4.78 is 10.6. The standard InChI is InChI=1S/C20H21N3O3S/c1-12(15-6-5-9-21-11-15)22-19(24)18-13(2)23-20(27-18)14-7-8-16(25-3)17(10-14)26-4/h5-12H,1-4H3,(H,22,24)/t12-/m0/s1. The number of hydrogen-bond acceptors (Lipinski definition) is 6. The van der Waals surface area contributed by atoms with Gasteiger partial charge >= 0.3 is 0 Å². The van der Waals surface area contributed by atoms with Crippen LogP contribution >= 0.6 is 11.3 Å². The molecule has 2 aromatic heterocycles. The van der Waals surface area contributed by atoms with Gasteiger partial charge in [-0.2, -0.15) is 0 Å². The third-order valence-electron chi connectivity index (χ3n) is 4.17. The van der Waals surface area contributed by atoms with E-state index in [1.165, 1.54) is 11.3 Å². The zero-order valence-electron chi connectivity index (χ0n) is 15.6. The minimum absolute atomic E-state index is 0.141. The Labute approximate surface area is 162 Å². The molecule has 0 unspecified atom stereocenters.